The summed E-state index contributed by atoms with van der Waals surface area (Å²) in [5, 5.41) is 19.1. The third kappa shape index (κ3) is 6.47. The second kappa shape index (κ2) is 14.5. The van der Waals surface area contributed by atoms with Crippen molar-refractivity contribution in [3.63, 3.8) is 0 Å². The van der Waals surface area contributed by atoms with Crippen LogP contribution in [-0.4, -0.2) is 17.2 Å². The van der Waals surface area contributed by atoms with Crippen LogP contribution in [0.1, 0.15) is 25.0 Å². The number of benzene rings is 8. The van der Waals surface area contributed by atoms with Crippen molar-refractivity contribution >= 4 is 46.7 Å². The highest BCUT2D eigenvalue weighted by Crippen LogP contribution is 2.51. The molecule has 0 aliphatic heterocycles. The molecule has 0 fully saturated rings. The summed E-state index contributed by atoms with van der Waals surface area (Å²) in [6, 6.07) is 70.2. The Hall–Kier alpha value is -6.66. The normalized spacial score (nSPS) is 12.4. The maximum Gasteiger partial charge on any atom is 0.488 e. The van der Waals surface area contributed by atoms with Gasteiger partial charge >= 0.3 is 7.12 Å². The van der Waals surface area contributed by atoms with Gasteiger partial charge in [0.2, 0.25) is 0 Å². The lowest BCUT2D eigenvalue weighted by Crippen LogP contribution is -2.29. The quantitative estimate of drug-likeness (QED) is 0.146. The van der Waals surface area contributed by atoms with Crippen molar-refractivity contribution in [2.45, 2.75) is 19.3 Å². The van der Waals surface area contributed by atoms with Gasteiger partial charge in [0.1, 0.15) is 0 Å². The van der Waals surface area contributed by atoms with E-state index < -0.39 is 7.12 Å². The molecule has 8 aromatic carbocycles. The van der Waals surface area contributed by atoms with Crippen LogP contribution in [0.2, 0.25) is 0 Å². The second-order valence-electron chi connectivity index (χ2n) is 14.9. The van der Waals surface area contributed by atoms with E-state index in [1.165, 1.54) is 33.4 Å². The first kappa shape index (κ1) is 35.1. The molecule has 270 valence electrons. The minimum Gasteiger partial charge on any atom is -0.423 e. The largest absolute Gasteiger partial charge is 0.488 e. The molecule has 4 nitrogen and oxygen atoms in total. The molecule has 56 heavy (non-hydrogen) atoms. The fourth-order valence-electron chi connectivity index (χ4n) is 8.14. The van der Waals surface area contributed by atoms with Crippen LogP contribution in [0.5, 0.6) is 0 Å². The smallest absolute Gasteiger partial charge is 0.423 e. The zero-order chi connectivity index (χ0) is 38.2. The molecule has 0 saturated carbocycles. The van der Waals surface area contributed by atoms with Crippen LogP contribution in [0.3, 0.4) is 0 Å². The van der Waals surface area contributed by atoms with E-state index in [-0.39, 0.29) is 5.41 Å². The standard InChI is InChI=1S/C51H41BN2O2/c1-51(2)49-16-10-9-15-47(49)48-34-33-46(35-50(48)51)54(43-27-19-38(20-28-43)36-11-5-3-6-12-36)45-31-29-44(30-32-45)53(41-13-7-4-8-14-41)42-25-21-39(22-26-42)37-17-23-40(24-18-37)52(55)56/h3-35,55-56H,1-2H3. The molecular formula is C51H41BN2O2. The SMILES string of the molecule is CC1(C)c2ccccc2-c2ccc(N(c3ccc(-c4ccccc4)cc3)c3ccc(N(c4ccccc4)c4ccc(-c5ccc(B(O)O)cc5)cc4)cc3)cc21. The molecule has 0 saturated heterocycles. The fraction of sp³-hybridized carbons (Fsp3) is 0.0588. The summed E-state index contributed by atoms with van der Waals surface area (Å²) in [6.07, 6.45) is 0. The van der Waals surface area contributed by atoms with Crippen LogP contribution in [0.15, 0.2) is 200 Å². The molecule has 5 heteroatoms. The van der Waals surface area contributed by atoms with Crippen LogP contribution in [-0.2, 0) is 5.41 Å². The predicted octanol–water partition coefficient (Wildman–Crippen LogP) is 11.9. The van der Waals surface area contributed by atoms with Crippen LogP contribution >= 0.6 is 0 Å². The van der Waals surface area contributed by atoms with E-state index in [1.807, 2.05) is 18.2 Å². The Kier molecular flexibility index (Phi) is 9.10. The number of nitrogens with zero attached hydrogens (tertiary/aromatic N) is 2. The summed E-state index contributed by atoms with van der Waals surface area (Å²) >= 11 is 0. The summed E-state index contributed by atoms with van der Waals surface area (Å²) in [7, 11) is -1.48. The maximum absolute atomic E-state index is 9.54. The molecule has 1 aliphatic carbocycles. The molecule has 0 heterocycles. The van der Waals surface area contributed by atoms with Gasteiger partial charge in [-0.25, -0.2) is 0 Å². The van der Waals surface area contributed by atoms with E-state index in [0.29, 0.717) is 5.46 Å². The lowest BCUT2D eigenvalue weighted by Gasteiger charge is -2.29. The summed E-state index contributed by atoms with van der Waals surface area (Å²) in [5.74, 6) is 0. The van der Waals surface area contributed by atoms with Gasteiger partial charge in [0.25, 0.3) is 0 Å². The van der Waals surface area contributed by atoms with Crippen molar-refractivity contribution in [2.75, 3.05) is 9.80 Å². The van der Waals surface area contributed by atoms with Crippen molar-refractivity contribution in [1.29, 1.82) is 0 Å². The zero-order valence-corrected chi connectivity index (χ0v) is 31.4. The van der Waals surface area contributed by atoms with E-state index in [1.54, 1.807) is 12.1 Å². The van der Waals surface area contributed by atoms with Crippen molar-refractivity contribution in [3.05, 3.63) is 211 Å². The summed E-state index contributed by atoms with van der Waals surface area (Å²) in [5.41, 5.74) is 16.5. The number of anilines is 6. The van der Waals surface area contributed by atoms with Crippen molar-refractivity contribution in [2.24, 2.45) is 0 Å². The second-order valence-corrected chi connectivity index (χ2v) is 14.9. The molecular weight excluding hydrogens is 683 g/mol. The Labute approximate surface area is 329 Å². The van der Waals surface area contributed by atoms with Crippen LogP contribution in [0, 0.1) is 0 Å². The first-order valence-corrected chi connectivity index (χ1v) is 19.1. The highest BCUT2D eigenvalue weighted by Gasteiger charge is 2.35. The van der Waals surface area contributed by atoms with Gasteiger partial charge in [0.05, 0.1) is 0 Å². The maximum atomic E-state index is 9.54. The summed E-state index contributed by atoms with van der Waals surface area (Å²) in [6.45, 7) is 4.66. The Morgan fingerprint density at radius 1 is 0.357 bits per heavy atom. The van der Waals surface area contributed by atoms with Gasteiger partial charge in [-0.05, 0) is 123 Å². The van der Waals surface area contributed by atoms with Crippen LogP contribution in [0.4, 0.5) is 34.1 Å². The molecule has 0 amide bonds. The molecule has 0 unspecified atom stereocenters. The van der Waals surface area contributed by atoms with Gasteiger partial charge < -0.3 is 19.8 Å². The van der Waals surface area contributed by atoms with Gasteiger partial charge in [-0.3, -0.25) is 0 Å². The van der Waals surface area contributed by atoms with E-state index >= 15 is 0 Å². The molecule has 8 aromatic rings. The fourth-order valence-corrected chi connectivity index (χ4v) is 8.14. The minimum absolute atomic E-state index is 0.119. The molecule has 0 bridgehead atoms. The van der Waals surface area contributed by atoms with E-state index in [2.05, 4.69) is 194 Å². The molecule has 0 radical (unpaired) electrons. The molecule has 0 aromatic heterocycles. The number of fused-ring (bicyclic) bond motifs is 3. The van der Waals surface area contributed by atoms with Crippen LogP contribution < -0.4 is 15.3 Å². The third-order valence-electron chi connectivity index (χ3n) is 11.1. The topological polar surface area (TPSA) is 46.9 Å². The highest BCUT2D eigenvalue weighted by molar-refractivity contribution is 6.58. The Bertz CT molecular complexity index is 2610. The van der Waals surface area contributed by atoms with Crippen molar-refractivity contribution < 1.29 is 10.0 Å². The van der Waals surface area contributed by atoms with Gasteiger partial charge in [0.15, 0.2) is 0 Å². The van der Waals surface area contributed by atoms with E-state index in [4.69, 9.17) is 0 Å². The highest BCUT2D eigenvalue weighted by atomic mass is 16.4. The van der Waals surface area contributed by atoms with E-state index in [9.17, 15) is 10.0 Å². The monoisotopic (exact) mass is 724 g/mol. The molecule has 9 rings (SSSR count). The Morgan fingerprint density at radius 3 is 1.27 bits per heavy atom. The average molecular weight is 725 g/mol. The minimum atomic E-state index is -1.48. The number of hydrogen-bond acceptors (Lipinski definition) is 4. The number of hydrogen-bond donors (Lipinski definition) is 2. The third-order valence-corrected chi connectivity index (χ3v) is 11.1. The van der Waals surface area contributed by atoms with E-state index in [0.717, 1.165) is 45.3 Å². The summed E-state index contributed by atoms with van der Waals surface area (Å²) < 4.78 is 0. The number of para-hydroxylation sites is 1. The predicted molar refractivity (Wildman–Crippen MR) is 234 cm³/mol. The number of rotatable bonds is 9. The Morgan fingerprint density at radius 2 is 0.732 bits per heavy atom. The van der Waals surface area contributed by atoms with Gasteiger partial charge in [-0.2, -0.15) is 0 Å². The summed E-state index contributed by atoms with van der Waals surface area (Å²) in [4.78, 5) is 4.63. The first-order chi connectivity index (χ1) is 27.3. The van der Waals surface area contributed by atoms with Gasteiger partial charge in [-0.15, -0.1) is 0 Å². The van der Waals surface area contributed by atoms with Crippen molar-refractivity contribution in [1.82, 2.24) is 0 Å². The first-order valence-electron chi connectivity index (χ1n) is 19.1. The van der Waals surface area contributed by atoms with Gasteiger partial charge in [-0.1, -0.05) is 141 Å². The van der Waals surface area contributed by atoms with Gasteiger partial charge in [0, 0.05) is 39.5 Å². The van der Waals surface area contributed by atoms with Crippen LogP contribution in [0.25, 0.3) is 33.4 Å². The molecule has 0 atom stereocenters. The average Bonchev–Trinajstić information content (AvgIpc) is 3.48. The lowest BCUT2D eigenvalue weighted by atomic mass is 9.80. The molecule has 0 spiro atoms. The Balaban J connectivity index is 1.10. The molecule has 2 N–H and O–H groups in total. The lowest BCUT2D eigenvalue weighted by molar-refractivity contribution is 0.426. The molecule has 1 aliphatic rings. The zero-order valence-electron chi connectivity index (χ0n) is 31.4. The van der Waals surface area contributed by atoms with Crippen molar-refractivity contribution in [3.8, 4) is 33.4 Å².